The van der Waals surface area contributed by atoms with E-state index < -0.39 is 0 Å². The van der Waals surface area contributed by atoms with Crippen LogP contribution in [0.1, 0.15) is 28.9 Å². The third-order valence-electron chi connectivity index (χ3n) is 2.49. The molecule has 0 aliphatic rings. The van der Waals surface area contributed by atoms with E-state index in [0.717, 1.165) is 5.76 Å². The summed E-state index contributed by atoms with van der Waals surface area (Å²) in [6.45, 7) is 1.96. The van der Waals surface area contributed by atoms with E-state index in [2.05, 4.69) is 10.1 Å². The molecular weight excluding hydrogens is 206 g/mol. The second-order valence-corrected chi connectivity index (χ2v) is 3.51. The van der Waals surface area contributed by atoms with E-state index in [0.29, 0.717) is 17.8 Å². The summed E-state index contributed by atoms with van der Waals surface area (Å²) in [6, 6.07) is 1.71. The first-order chi connectivity index (χ1) is 7.72. The van der Waals surface area contributed by atoms with E-state index in [1.165, 1.54) is 6.33 Å². The van der Waals surface area contributed by atoms with E-state index in [1.807, 2.05) is 6.92 Å². The topological polar surface area (TPSA) is 60.9 Å². The first-order valence-corrected chi connectivity index (χ1v) is 5.14. The number of Topliss-reactive ketones (excluding diaryl/α,β-unsaturated/α-hetero) is 1. The number of aryl methyl sites for hydroxylation is 2. The Kier molecular flexibility index (Phi) is 2.85. The van der Waals surface area contributed by atoms with Gasteiger partial charge in [-0.2, -0.15) is 5.10 Å². The Labute approximate surface area is 93.1 Å². The van der Waals surface area contributed by atoms with Gasteiger partial charge >= 0.3 is 0 Å². The van der Waals surface area contributed by atoms with E-state index in [9.17, 15) is 4.79 Å². The van der Waals surface area contributed by atoms with Crippen molar-refractivity contribution in [3.8, 4) is 0 Å². The van der Waals surface area contributed by atoms with Crippen molar-refractivity contribution in [3.63, 3.8) is 0 Å². The molecule has 16 heavy (non-hydrogen) atoms. The maximum absolute atomic E-state index is 12.0. The Morgan fingerprint density at radius 2 is 2.38 bits per heavy atom. The minimum atomic E-state index is 0.0155. The van der Waals surface area contributed by atoms with Crippen LogP contribution in [0.4, 0.5) is 0 Å². The first-order valence-electron chi connectivity index (χ1n) is 5.14. The quantitative estimate of drug-likeness (QED) is 0.729. The number of aromatic nitrogens is 3. The zero-order chi connectivity index (χ0) is 11.5. The van der Waals surface area contributed by atoms with Gasteiger partial charge in [0.1, 0.15) is 17.9 Å². The van der Waals surface area contributed by atoms with E-state index >= 15 is 0 Å². The molecule has 0 unspecified atom stereocenters. The monoisotopic (exact) mass is 219 g/mol. The number of carbonyl (C=O) groups excluding carboxylic acids is 1. The van der Waals surface area contributed by atoms with Gasteiger partial charge in [-0.1, -0.05) is 6.92 Å². The Morgan fingerprint density at radius 3 is 3.00 bits per heavy atom. The van der Waals surface area contributed by atoms with Crippen LogP contribution < -0.4 is 0 Å². The number of furan rings is 1. The van der Waals surface area contributed by atoms with Crippen LogP contribution in [0, 0.1) is 0 Å². The van der Waals surface area contributed by atoms with Crippen molar-refractivity contribution >= 4 is 5.78 Å². The fraction of sp³-hybridized carbons (Fsp3) is 0.364. The fourth-order valence-corrected chi connectivity index (χ4v) is 1.58. The SMILES string of the molecule is CCc1occc1C(=O)Cc1ncnn1C. The third-order valence-corrected chi connectivity index (χ3v) is 2.49. The van der Waals surface area contributed by atoms with Gasteiger partial charge in [0.25, 0.3) is 0 Å². The molecule has 0 aliphatic heterocycles. The highest BCUT2D eigenvalue weighted by molar-refractivity contribution is 5.98. The molecule has 0 aromatic carbocycles. The summed E-state index contributed by atoms with van der Waals surface area (Å²) in [5, 5.41) is 3.92. The molecule has 5 nitrogen and oxygen atoms in total. The van der Waals surface area contributed by atoms with Gasteiger partial charge in [0, 0.05) is 13.5 Å². The molecule has 0 radical (unpaired) electrons. The van der Waals surface area contributed by atoms with E-state index in [-0.39, 0.29) is 12.2 Å². The van der Waals surface area contributed by atoms with Crippen molar-refractivity contribution in [2.75, 3.05) is 0 Å². The standard InChI is InChI=1S/C11H13N3O2/c1-3-10-8(4-5-16-10)9(15)6-11-12-7-13-14(11)2/h4-5,7H,3,6H2,1-2H3. The zero-order valence-electron chi connectivity index (χ0n) is 9.30. The second kappa shape index (κ2) is 4.30. The van der Waals surface area contributed by atoms with Crippen molar-refractivity contribution in [2.24, 2.45) is 7.05 Å². The lowest BCUT2D eigenvalue weighted by Crippen LogP contribution is -2.09. The predicted octanol–water partition coefficient (Wildman–Crippen LogP) is 1.40. The molecule has 0 spiro atoms. The molecule has 0 saturated heterocycles. The van der Waals surface area contributed by atoms with E-state index in [4.69, 9.17) is 4.42 Å². The smallest absolute Gasteiger partial charge is 0.173 e. The number of hydrogen-bond donors (Lipinski definition) is 0. The van der Waals surface area contributed by atoms with Gasteiger partial charge in [-0.3, -0.25) is 9.48 Å². The summed E-state index contributed by atoms with van der Waals surface area (Å²) >= 11 is 0. The average molecular weight is 219 g/mol. The molecule has 2 aromatic heterocycles. The van der Waals surface area contributed by atoms with Crippen molar-refractivity contribution in [3.05, 3.63) is 35.8 Å². The highest BCUT2D eigenvalue weighted by atomic mass is 16.3. The molecule has 0 aliphatic carbocycles. The number of ketones is 1. The minimum absolute atomic E-state index is 0.0155. The normalized spacial score (nSPS) is 10.6. The molecule has 2 rings (SSSR count). The Hall–Kier alpha value is -1.91. The summed E-state index contributed by atoms with van der Waals surface area (Å²) in [6.07, 6.45) is 3.96. The fourth-order valence-electron chi connectivity index (χ4n) is 1.58. The van der Waals surface area contributed by atoms with Crippen molar-refractivity contribution in [1.82, 2.24) is 14.8 Å². The molecule has 0 fully saturated rings. The number of nitrogens with zero attached hydrogens (tertiary/aromatic N) is 3. The summed E-state index contributed by atoms with van der Waals surface area (Å²) in [5.74, 6) is 1.40. The molecule has 0 bridgehead atoms. The van der Waals surface area contributed by atoms with Gasteiger partial charge in [0.15, 0.2) is 5.78 Å². The Balaban J connectivity index is 2.18. The minimum Gasteiger partial charge on any atom is -0.469 e. The molecule has 0 atom stereocenters. The lowest BCUT2D eigenvalue weighted by atomic mass is 10.1. The maximum atomic E-state index is 12.0. The lowest BCUT2D eigenvalue weighted by molar-refractivity contribution is 0.0988. The average Bonchev–Trinajstić information content (AvgIpc) is 2.87. The van der Waals surface area contributed by atoms with Crippen LogP contribution in [0.2, 0.25) is 0 Å². The summed E-state index contributed by atoms with van der Waals surface area (Å²) in [4.78, 5) is 16.0. The Morgan fingerprint density at radius 1 is 1.56 bits per heavy atom. The van der Waals surface area contributed by atoms with Crippen LogP contribution in [0.15, 0.2) is 23.1 Å². The van der Waals surface area contributed by atoms with Crippen molar-refractivity contribution in [1.29, 1.82) is 0 Å². The molecule has 0 N–H and O–H groups in total. The lowest BCUT2D eigenvalue weighted by Gasteiger charge is -2.00. The number of hydrogen-bond acceptors (Lipinski definition) is 4. The van der Waals surface area contributed by atoms with Crippen LogP contribution in [-0.4, -0.2) is 20.5 Å². The molecule has 0 amide bonds. The van der Waals surface area contributed by atoms with Crippen LogP contribution in [0.25, 0.3) is 0 Å². The van der Waals surface area contributed by atoms with Crippen molar-refractivity contribution < 1.29 is 9.21 Å². The van der Waals surface area contributed by atoms with Crippen LogP contribution in [0.5, 0.6) is 0 Å². The molecule has 5 heteroatoms. The highest BCUT2D eigenvalue weighted by Gasteiger charge is 2.15. The summed E-state index contributed by atoms with van der Waals surface area (Å²) in [7, 11) is 1.77. The first kappa shape index (κ1) is 10.6. The molecule has 84 valence electrons. The molecule has 2 heterocycles. The van der Waals surface area contributed by atoms with Crippen LogP contribution in [0.3, 0.4) is 0 Å². The predicted molar refractivity (Wildman–Crippen MR) is 57.1 cm³/mol. The van der Waals surface area contributed by atoms with Gasteiger partial charge in [0.05, 0.1) is 18.2 Å². The third kappa shape index (κ3) is 1.88. The van der Waals surface area contributed by atoms with Gasteiger partial charge in [-0.25, -0.2) is 4.98 Å². The number of rotatable bonds is 4. The van der Waals surface area contributed by atoms with Gasteiger partial charge in [-0.05, 0) is 6.07 Å². The van der Waals surface area contributed by atoms with Gasteiger partial charge in [-0.15, -0.1) is 0 Å². The maximum Gasteiger partial charge on any atom is 0.173 e. The van der Waals surface area contributed by atoms with Crippen LogP contribution >= 0.6 is 0 Å². The largest absolute Gasteiger partial charge is 0.469 e. The zero-order valence-corrected chi connectivity index (χ0v) is 9.30. The molecule has 2 aromatic rings. The van der Waals surface area contributed by atoms with E-state index in [1.54, 1.807) is 24.1 Å². The summed E-state index contributed by atoms with van der Waals surface area (Å²) in [5.41, 5.74) is 0.644. The van der Waals surface area contributed by atoms with Gasteiger partial charge in [0.2, 0.25) is 0 Å². The highest BCUT2D eigenvalue weighted by Crippen LogP contribution is 2.13. The van der Waals surface area contributed by atoms with Crippen LogP contribution in [-0.2, 0) is 19.9 Å². The number of carbonyl (C=O) groups is 1. The summed E-state index contributed by atoms with van der Waals surface area (Å²) < 4.78 is 6.82. The Bertz CT molecular complexity index is 499. The molecular formula is C11H13N3O2. The molecule has 0 saturated carbocycles. The van der Waals surface area contributed by atoms with Crippen molar-refractivity contribution in [2.45, 2.75) is 19.8 Å². The van der Waals surface area contributed by atoms with Gasteiger partial charge < -0.3 is 4.42 Å². The second-order valence-electron chi connectivity index (χ2n) is 3.51.